The number of aryl methyl sites for hydroxylation is 1. The first kappa shape index (κ1) is 20.6. The smallest absolute Gasteiger partial charge is 0.254 e. The molecule has 1 atom stereocenters. The van der Waals surface area contributed by atoms with Crippen LogP contribution in [0.1, 0.15) is 52.0 Å². The maximum absolute atomic E-state index is 13.3. The van der Waals surface area contributed by atoms with Crippen molar-refractivity contribution in [3.05, 3.63) is 88.8 Å². The van der Waals surface area contributed by atoms with Gasteiger partial charge in [-0.2, -0.15) is 0 Å². The first-order chi connectivity index (χ1) is 15.7. The summed E-state index contributed by atoms with van der Waals surface area (Å²) in [6, 6.07) is 13.9. The van der Waals surface area contributed by atoms with E-state index in [2.05, 4.69) is 27.1 Å². The van der Waals surface area contributed by atoms with Crippen molar-refractivity contribution >= 4 is 17.2 Å². The van der Waals surface area contributed by atoms with E-state index in [1.165, 1.54) is 16.9 Å². The molecular weight excluding hydrogens is 420 g/mol. The van der Waals surface area contributed by atoms with Gasteiger partial charge in [-0.15, -0.1) is 11.3 Å². The Bertz CT molecular complexity index is 1220. The molecule has 4 heterocycles. The van der Waals surface area contributed by atoms with Crippen molar-refractivity contribution in [3.8, 4) is 10.6 Å². The molecule has 32 heavy (non-hydrogen) atoms. The highest BCUT2D eigenvalue weighted by Crippen LogP contribution is 2.29. The van der Waals surface area contributed by atoms with Crippen molar-refractivity contribution in [2.24, 2.45) is 0 Å². The zero-order chi connectivity index (χ0) is 21.9. The normalized spacial score (nSPS) is 16.3. The van der Waals surface area contributed by atoms with E-state index in [0.29, 0.717) is 12.1 Å². The molecule has 0 radical (unpaired) electrons. The van der Waals surface area contributed by atoms with Crippen molar-refractivity contribution in [1.82, 2.24) is 19.9 Å². The van der Waals surface area contributed by atoms with E-state index in [1.807, 2.05) is 42.3 Å². The highest BCUT2D eigenvalue weighted by atomic mass is 32.1. The van der Waals surface area contributed by atoms with Crippen LogP contribution in [0.5, 0.6) is 0 Å². The van der Waals surface area contributed by atoms with Crippen LogP contribution in [0.15, 0.2) is 64.8 Å². The Morgan fingerprint density at radius 3 is 2.88 bits per heavy atom. The molecule has 0 N–H and O–H groups in total. The molecule has 7 heteroatoms. The van der Waals surface area contributed by atoms with Crippen molar-refractivity contribution < 1.29 is 9.21 Å². The number of hydrogen-bond acceptors (Lipinski definition) is 6. The number of likely N-dealkylation sites (tertiary alicyclic amines) is 1. The van der Waals surface area contributed by atoms with Crippen molar-refractivity contribution in [2.45, 2.75) is 32.1 Å². The summed E-state index contributed by atoms with van der Waals surface area (Å²) in [6.07, 6.45) is 6.14. The molecule has 1 unspecified atom stereocenters. The van der Waals surface area contributed by atoms with E-state index in [9.17, 15) is 4.79 Å². The molecule has 1 aliphatic rings. The summed E-state index contributed by atoms with van der Waals surface area (Å²) in [5, 5.41) is 0. The van der Waals surface area contributed by atoms with Gasteiger partial charge in [-0.25, -0.2) is 9.97 Å². The lowest BCUT2D eigenvalue weighted by Crippen LogP contribution is -2.39. The Morgan fingerprint density at radius 2 is 2.06 bits per heavy atom. The number of thiazole rings is 1. The second kappa shape index (κ2) is 9.04. The molecular formula is C25H24N4O2S. The Morgan fingerprint density at radius 1 is 1.19 bits per heavy atom. The van der Waals surface area contributed by atoms with Gasteiger partial charge in [-0.1, -0.05) is 30.3 Å². The number of oxazole rings is 1. The van der Waals surface area contributed by atoms with Gasteiger partial charge in [0.05, 0.1) is 33.9 Å². The Balaban J connectivity index is 1.29. The molecule has 1 aliphatic heterocycles. The van der Waals surface area contributed by atoms with E-state index >= 15 is 0 Å². The molecule has 0 saturated carbocycles. The Labute approximate surface area is 191 Å². The molecule has 3 aromatic heterocycles. The molecule has 4 aromatic rings. The molecule has 0 spiro atoms. The minimum Gasteiger partial charge on any atom is -0.445 e. The predicted octanol–water partition coefficient (Wildman–Crippen LogP) is 5.11. The number of pyridine rings is 1. The van der Waals surface area contributed by atoms with Crippen LogP contribution in [0.3, 0.4) is 0 Å². The fourth-order valence-electron chi connectivity index (χ4n) is 4.17. The number of carbonyl (C=O) groups excluding carboxylic acids is 1. The zero-order valence-electron chi connectivity index (χ0n) is 17.9. The van der Waals surface area contributed by atoms with Crippen LogP contribution in [0.2, 0.25) is 0 Å². The van der Waals surface area contributed by atoms with Crippen molar-refractivity contribution in [3.63, 3.8) is 0 Å². The third-order valence-corrected chi connectivity index (χ3v) is 6.79. The van der Waals surface area contributed by atoms with Crippen LogP contribution >= 0.6 is 11.3 Å². The Kier molecular flexibility index (Phi) is 5.81. The maximum Gasteiger partial charge on any atom is 0.254 e. The summed E-state index contributed by atoms with van der Waals surface area (Å²) >= 11 is 1.54. The molecule has 6 nitrogen and oxygen atoms in total. The standard InChI is InChI=1S/C25H24N4O2S/c1-17-23(32-16-28-17)22-13-19(9-10-26-22)25(30)29-11-5-8-20(15-29)24-27-14-21(31-24)12-18-6-3-2-4-7-18/h2-4,6-7,9-10,13-14,16,20H,5,8,11-12,15H2,1H3. The average Bonchev–Trinajstić information content (AvgIpc) is 3.48. The number of piperidine rings is 1. The van der Waals surface area contributed by atoms with E-state index in [0.717, 1.165) is 53.7 Å². The number of amides is 1. The summed E-state index contributed by atoms with van der Waals surface area (Å²) in [5.74, 6) is 1.72. The van der Waals surface area contributed by atoms with Crippen LogP contribution in [-0.2, 0) is 6.42 Å². The molecule has 1 saturated heterocycles. The summed E-state index contributed by atoms with van der Waals surface area (Å²) in [7, 11) is 0. The number of carbonyl (C=O) groups is 1. The minimum absolute atomic E-state index is 0.0246. The monoisotopic (exact) mass is 444 g/mol. The maximum atomic E-state index is 13.3. The second-order valence-electron chi connectivity index (χ2n) is 8.11. The third kappa shape index (κ3) is 4.34. The number of benzene rings is 1. The number of rotatable bonds is 5. The van der Waals surface area contributed by atoms with Crippen LogP contribution in [0, 0.1) is 6.92 Å². The van der Waals surface area contributed by atoms with Crippen molar-refractivity contribution in [1.29, 1.82) is 0 Å². The summed E-state index contributed by atoms with van der Waals surface area (Å²) in [4.78, 5) is 29.5. The predicted molar refractivity (Wildman–Crippen MR) is 124 cm³/mol. The number of aromatic nitrogens is 3. The highest BCUT2D eigenvalue weighted by molar-refractivity contribution is 7.13. The van der Waals surface area contributed by atoms with E-state index in [1.54, 1.807) is 17.8 Å². The van der Waals surface area contributed by atoms with E-state index in [-0.39, 0.29) is 11.8 Å². The largest absolute Gasteiger partial charge is 0.445 e. The SMILES string of the molecule is Cc1ncsc1-c1cc(C(=O)N2CCCC(c3ncc(Cc4ccccc4)o3)C2)ccn1. The fraction of sp³-hybridized carbons (Fsp3) is 0.280. The number of hydrogen-bond donors (Lipinski definition) is 0. The van der Waals surface area contributed by atoms with Crippen LogP contribution in [0.25, 0.3) is 10.6 Å². The fourth-order valence-corrected chi connectivity index (χ4v) is 4.94. The lowest BCUT2D eigenvalue weighted by Gasteiger charge is -2.31. The third-order valence-electron chi connectivity index (χ3n) is 5.84. The van der Waals surface area contributed by atoms with E-state index in [4.69, 9.17) is 4.42 Å². The number of nitrogens with zero attached hydrogens (tertiary/aromatic N) is 4. The Hall–Kier alpha value is -3.32. The van der Waals surface area contributed by atoms with Gasteiger partial charge >= 0.3 is 0 Å². The average molecular weight is 445 g/mol. The van der Waals surface area contributed by atoms with Crippen molar-refractivity contribution in [2.75, 3.05) is 13.1 Å². The van der Waals surface area contributed by atoms with Gasteiger partial charge < -0.3 is 9.32 Å². The summed E-state index contributed by atoms with van der Waals surface area (Å²) in [6.45, 7) is 3.31. The quantitative estimate of drug-likeness (QED) is 0.428. The van der Waals surface area contributed by atoms with E-state index < -0.39 is 0 Å². The van der Waals surface area contributed by atoms with Gasteiger partial charge in [0.1, 0.15) is 5.76 Å². The molecule has 1 amide bonds. The molecule has 5 rings (SSSR count). The molecule has 1 fully saturated rings. The second-order valence-corrected chi connectivity index (χ2v) is 8.97. The van der Waals surface area contributed by atoms with Crippen LogP contribution < -0.4 is 0 Å². The summed E-state index contributed by atoms with van der Waals surface area (Å²) in [5.41, 5.74) is 5.38. The molecule has 1 aromatic carbocycles. The lowest BCUT2D eigenvalue weighted by atomic mass is 9.97. The highest BCUT2D eigenvalue weighted by Gasteiger charge is 2.28. The van der Waals surface area contributed by atoms with Gasteiger partial charge in [0.25, 0.3) is 5.91 Å². The van der Waals surface area contributed by atoms with Gasteiger partial charge in [0.2, 0.25) is 0 Å². The van der Waals surface area contributed by atoms with Gasteiger partial charge in [0.15, 0.2) is 5.89 Å². The minimum atomic E-state index is 0.0246. The summed E-state index contributed by atoms with van der Waals surface area (Å²) < 4.78 is 6.08. The molecule has 0 aliphatic carbocycles. The van der Waals surface area contributed by atoms with Gasteiger partial charge in [-0.05, 0) is 37.5 Å². The van der Waals surface area contributed by atoms with Gasteiger partial charge in [-0.3, -0.25) is 9.78 Å². The molecule has 162 valence electrons. The topological polar surface area (TPSA) is 72.1 Å². The molecule has 0 bridgehead atoms. The first-order valence-corrected chi connectivity index (χ1v) is 11.7. The first-order valence-electron chi connectivity index (χ1n) is 10.8. The van der Waals surface area contributed by atoms with Gasteiger partial charge in [0, 0.05) is 31.3 Å². The van der Waals surface area contributed by atoms with Crippen LogP contribution in [-0.4, -0.2) is 38.8 Å². The van der Waals surface area contributed by atoms with Crippen LogP contribution in [0.4, 0.5) is 0 Å². The zero-order valence-corrected chi connectivity index (χ0v) is 18.7. The lowest BCUT2D eigenvalue weighted by molar-refractivity contribution is 0.0698.